The fourth-order valence-electron chi connectivity index (χ4n) is 2.70. The van der Waals surface area contributed by atoms with Crippen molar-refractivity contribution in [3.63, 3.8) is 0 Å². The van der Waals surface area contributed by atoms with Gasteiger partial charge in [-0.3, -0.25) is 14.4 Å². The molecule has 0 spiro atoms. The lowest BCUT2D eigenvalue weighted by Gasteiger charge is -2.35. The summed E-state index contributed by atoms with van der Waals surface area (Å²) in [6.07, 6.45) is 0.00388. The van der Waals surface area contributed by atoms with Crippen molar-refractivity contribution in [2.45, 2.75) is 12.8 Å². The van der Waals surface area contributed by atoms with E-state index in [0.29, 0.717) is 5.69 Å². The van der Waals surface area contributed by atoms with E-state index in [1.54, 1.807) is 0 Å². The van der Waals surface area contributed by atoms with Crippen LogP contribution < -0.4 is 5.32 Å². The highest BCUT2D eigenvalue weighted by molar-refractivity contribution is 5.93. The van der Waals surface area contributed by atoms with Crippen LogP contribution >= 0.6 is 0 Å². The van der Waals surface area contributed by atoms with Crippen LogP contribution in [-0.4, -0.2) is 52.6 Å². The third-order valence-electron chi connectivity index (χ3n) is 3.96. The number of benzene rings is 1. The van der Waals surface area contributed by atoms with Crippen molar-refractivity contribution in [3.05, 3.63) is 30.1 Å². The number of aliphatic hydroxyl groups excluding tert-OH is 1. The average molecular weight is 338 g/mol. The van der Waals surface area contributed by atoms with Crippen LogP contribution in [0.3, 0.4) is 0 Å². The van der Waals surface area contributed by atoms with Gasteiger partial charge >= 0.3 is 5.97 Å². The number of aliphatic carboxylic acids is 1. The molecule has 0 aliphatic carbocycles. The number of carbonyl (C=O) groups is 3. The van der Waals surface area contributed by atoms with Gasteiger partial charge in [-0.25, -0.2) is 4.39 Å². The number of halogens is 1. The maximum absolute atomic E-state index is 12.9. The molecule has 1 heterocycles. The number of likely N-dealkylation sites (tertiary alicyclic amines) is 1. The van der Waals surface area contributed by atoms with Crippen molar-refractivity contribution in [3.8, 4) is 0 Å². The molecule has 1 aromatic carbocycles. The first-order valence-electron chi connectivity index (χ1n) is 7.58. The molecular weight excluding hydrogens is 319 g/mol. The zero-order valence-electron chi connectivity index (χ0n) is 12.9. The molecule has 0 aromatic heterocycles. The molecule has 1 aliphatic rings. The van der Waals surface area contributed by atoms with Gasteiger partial charge in [0.15, 0.2) is 0 Å². The number of amides is 2. The van der Waals surface area contributed by atoms with E-state index in [-0.39, 0.29) is 38.4 Å². The fourth-order valence-corrected chi connectivity index (χ4v) is 2.70. The van der Waals surface area contributed by atoms with E-state index in [0.717, 1.165) is 0 Å². The molecule has 1 saturated heterocycles. The van der Waals surface area contributed by atoms with Crippen LogP contribution in [0.15, 0.2) is 24.3 Å². The average Bonchev–Trinajstić information content (AvgIpc) is 2.56. The Morgan fingerprint density at radius 2 is 1.79 bits per heavy atom. The largest absolute Gasteiger partial charge is 0.481 e. The molecule has 1 fully saturated rings. The van der Waals surface area contributed by atoms with E-state index in [2.05, 4.69) is 5.32 Å². The highest BCUT2D eigenvalue weighted by Crippen LogP contribution is 2.24. The summed E-state index contributed by atoms with van der Waals surface area (Å²) in [5.41, 5.74) is 0.395. The van der Waals surface area contributed by atoms with E-state index < -0.39 is 29.5 Å². The third kappa shape index (κ3) is 4.51. The number of piperidine rings is 1. The van der Waals surface area contributed by atoms with E-state index in [1.807, 2.05) is 0 Å². The first-order chi connectivity index (χ1) is 11.4. The summed E-state index contributed by atoms with van der Waals surface area (Å²) in [7, 11) is 0. The molecular formula is C16H19FN2O5. The Balaban J connectivity index is 2.08. The fraction of sp³-hybridized carbons (Fsp3) is 0.438. The Morgan fingerprint density at radius 3 is 2.38 bits per heavy atom. The van der Waals surface area contributed by atoms with Gasteiger partial charge in [0, 0.05) is 25.2 Å². The second kappa shape index (κ2) is 7.87. The van der Waals surface area contributed by atoms with E-state index in [4.69, 9.17) is 5.11 Å². The Morgan fingerprint density at radius 1 is 1.17 bits per heavy atom. The van der Waals surface area contributed by atoms with Crippen LogP contribution in [0.2, 0.25) is 0 Å². The van der Waals surface area contributed by atoms with E-state index in [9.17, 15) is 23.9 Å². The molecule has 1 aromatic rings. The minimum Gasteiger partial charge on any atom is -0.481 e. The molecule has 3 N–H and O–H groups in total. The maximum Gasteiger partial charge on any atom is 0.308 e. The van der Waals surface area contributed by atoms with Gasteiger partial charge in [0.1, 0.15) is 5.82 Å². The quantitative estimate of drug-likeness (QED) is 0.732. The molecule has 2 amide bonds. The number of carbonyl (C=O) groups excluding carboxylic acids is 2. The normalized spacial score (nSPS) is 20.5. The van der Waals surface area contributed by atoms with E-state index >= 15 is 0 Å². The van der Waals surface area contributed by atoms with Gasteiger partial charge in [0.25, 0.3) is 0 Å². The van der Waals surface area contributed by atoms with Crippen molar-refractivity contribution in [1.82, 2.24) is 4.90 Å². The second-order valence-corrected chi connectivity index (χ2v) is 5.74. The number of carboxylic acid groups (broad SMARTS) is 1. The molecule has 2 atom stereocenters. The predicted molar refractivity (Wildman–Crippen MR) is 82.5 cm³/mol. The third-order valence-corrected chi connectivity index (χ3v) is 3.96. The Bertz CT molecular complexity index is 619. The van der Waals surface area contributed by atoms with Crippen molar-refractivity contribution >= 4 is 23.5 Å². The van der Waals surface area contributed by atoms with Crippen molar-refractivity contribution < 1.29 is 29.0 Å². The SMILES string of the molecule is O=C(O)[C@@H]1C[C@@H](C(=O)Nc2ccc(F)cc2)CN(C(=O)CCO)C1. The summed E-state index contributed by atoms with van der Waals surface area (Å²) < 4.78 is 12.9. The molecule has 0 saturated carbocycles. The Labute approximate surface area is 138 Å². The number of nitrogens with zero attached hydrogens (tertiary/aromatic N) is 1. The predicted octanol–water partition coefficient (Wildman–Crippen LogP) is 0.696. The summed E-state index contributed by atoms with van der Waals surface area (Å²) >= 11 is 0. The second-order valence-electron chi connectivity index (χ2n) is 5.74. The van der Waals surface area contributed by atoms with Crippen LogP contribution in [0.5, 0.6) is 0 Å². The van der Waals surface area contributed by atoms with Crippen LogP contribution in [0.4, 0.5) is 10.1 Å². The van der Waals surface area contributed by atoms with Gasteiger partial charge in [-0.1, -0.05) is 0 Å². The molecule has 1 aliphatic heterocycles. The lowest BCUT2D eigenvalue weighted by molar-refractivity contribution is -0.148. The van der Waals surface area contributed by atoms with Gasteiger partial charge in [-0.05, 0) is 30.7 Å². The molecule has 24 heavy (non-hydrogen) atoms. The molecule has 8 heteroatoms. The molecule has 7 nitrogen and oxygen atoms in total. The first kappa shape index (κ1) is 17.9. The van der Waals surface area contributed by atoms with Crippen LogP contribution in [0, 0.1) is 17.7 Å². The first-order valence-corrected chi connectivity index (χ1v) is 7.58. The molecule has 130 valence electrons. The van der Waals surface area contributed by atoms with Crippen LogP contribution in [-0.2, 0) is 14.4 Å². The Hall–Kier alpha value is -2.48. The molecule has 0 bridgehead atoms. The number of hydrogen-bond donors (Lipinski definition) is 3. The van der Waals surface area contributed by atoms with Gasteiger partial charge in [-0.15, -0.1) is 0 Å². The number of aliphatic hydroxyl groups is 1. The number of hydrogen-bond acceptors (Lipinski definition) is 4. The van der Waals surface area contributed by atoms with Gasteiger partial charge in [-0.2, -0.15) is 0 Å². The summed E-state index contributed by atoms with van der Waals surface area (Å²) in [6.45, 7) is -0.219. The zero-order valence-corrected chi connectivity index (χ0v) is 12.9. The molecule has 2 rings (SSSR count). The Kier molecular flexibility index (Phi) is 5.86. The highest BCUT2D eigenvalue weighted by atomic mass is 19.1. The van der Waals surface area contributed by atoms with Crippen LogP contribution in [0.25, 0.3) is 0 Å². The summed E-state index contributed by atoms with van der Waals surface area (Å²) in [5.74, 6) is -3.84. The highest BCUT2D eigenvalue weighted by Gasteiger charge is 2.36. The summed E-state index contributed by atoms with van der Waals surface area (Å²) in [5, 5.41) is 20.7. The molecule has 0 radical (unpaired) electrons. The van der Waals surface area contributed by atoms with Crippen LogP contribution in [0.1, 0.15) is 12.8 Å². The van der Waals surface area contributed by atoms with Gasteiger partial charge in [0.05, 0.1) is 18.4 Å². The van der Waals surface area contributed by atoms with E-state index in [1.165, 1.54) is 29.2 Å². The van der Waals surface area contributed by atoms with Crippen molar-refractivity contribution in [2.24, 2.45) is 11.8 Å². The number of anilines is 1. The minimum absolute atomic E-state index is 0.0223. The minimum atomic E-state index is -1.07. The standard InChI is InChI=1S/C16H19FN2O5/c17-12-1-3-13(4-2-12)18-15(22)10-7-11(16(23)24)9-19(8-10)14(21)5-6-20/h1-4,10-11,20H,5-9H2,(H,18,22)(H,23,24)/t10-,11-/m1/s1. The zero-order chi connectivity index (χ0) is 17.7. The summed E-state index contributed by atoms with van der Waals surface area (Å²) in [4.78, 5) is 36.9. The number of carboxylic acids is 1. The van der Waals surface area contributed by atoms with Crippen molar-refractivity contribution in [2.75, 3.05) is 25.0 Å². The lowest BCUT2D eigenvalue weighted by Crippen LogP contribution is -2.49. The van der Waals surface area contributed by atoms with Gasteiger partial charge in [0.2, 0.25) is 11.8 Å². The maximum atomic E-state index is 12.9. The molecule has 0 unspecified atom stereocenters. The summed E-state index contributed by atoms with van der Waals surface area (Å²) in [6, 6.07) is 5.21. The number of rotatable bonds is 5. The number of nitrogens with one attached hydrogen (secondary N) is 1. The smallest absolute Gasteiger partial charge is 0.308 e. The van der Waals surface area contributed by atoms with Crippen molar-refractivity contribution in [1.29, 1.82) is 0 Å². The monoisotopic (exact) mass is 338 g/mol. The topological polar surface area (TPSA) is 107 Å². The van der Waals surface area contributed by atoms with Gasteiger partial charge < -0.3 is 20.4 Å². The lowest BCUT2D eigenvalue weighted by atomic mass is 9.88.